The summed E-state index contributed by atoms with van der Waals surface area (Å²) in [5.41, 5.74) is 0.502. The summed E-state index contributed by atoms with van der Waals surface area (Å²) >= 11 is 0. The summed E-state index contributed by atoms with van der Waals surface area (Å²) in [4.78, 5) is 48.4. The number of methoxy groups -OCH3 is 1. The Kier molecular flexibility index (Phi) is 6.84. The third-order valence-corrected chi connectivity index (χ3v) is 7.89. The number of allylic oxidation sites excluding steroid dienone is 1. The van der Waals surface area contributed by atoms with E-state index in [1.54, 1.807) is 13.0 Å². The second-order valence-corrected chi connectivity index (χ2v) is 9.48. The van der Waals surface area contributed by atoms with Gasteiger partial charge in [-0.3, -0.25) is 14.9 Å². The van der Waals surface area contributed by atoms with Gasteiger partial charge in [0.05, 0.1) is 24.6 Å². The molecule has 7 nitrogen and oxygen atoms in total. The maximum Gasteiger partial charge on any atom is 0.335 e. The lowest BCUT2D eigenvalue weighted by Crippen LogP contribution is -2.55. The maximum atomic E-state index is 12.6. The first-order chi connectivity index (χ1) is 14.7. The number of esters is 2. The molecule has 5 atom stereocenters. The van der Waals surface area contributed by atoms with Crippen molar-refractivity contribution in [1.82, 2.24) is 5.32 Å². The summed E-state index contributed by atoms with van der Waals surface area (Å²) in [7, 11) is 1.32. The van der Waals surface area contributed by atoms with Crippen molar-refractivity contribution in [2.75, 3.05) is 20.3 Å². The summed E-state index contributed by atoms with van der Waals surface area (Å²) in [6, 6.07) is -0.339. The average molecular weight is 432 g/mol. The lowest BCUT2D eigenvalue weighted by molar-refractivity contribution is -0.151. The zero-order chi connectivity index (χ0) is 22.8. The van der Waals surface area contributed by atoms with Crippen molar-refractivity contribution < 1.29 is 28.7 Å². The molecule has 0 bridgehead atoms. The summed E-state index contributed by atoms with van der Waals surface area (Å²) in [5.74, 6) is -0.637. The highest BCUT2D eigenvalue weighted by Crippen LogP contribution is 2.60. The number of carbonyl (C=O) groups is 4. The first kappa shape index (κ1) is 23.4. The number of ketones is 1. The van der Waals surface area contributed by atoms with Gasteiger partial charge in [0, 0.05) is 12.5 Å². The van der Waals surface area contributed by atoms with Crippen molar-refractivity contribution in [3.8, 4) is 0 Å². The Morgan fingerprint density at radius 2 is 2.13 bits per heavy atom. The second-order valence-electron chi connectivity index (χ2n) is 9.48. The summed E-state index contributed by atoms with van der Waals surface area (Å²) in [6.45, 7) is 8.53. The number of ether oxygens (including phenoxy) is 2. The number of cyclic esters (lactones) is 1. The molecule has 7 heteroatoms. The second kappa shape index (κ2) is 9.07. The molecule has 1 N–H and O–H groups in total. The van der Waals surface area contributed by atoms with Gasteiger partial charge in [-0.2, -0.15) is 0 Å². The first-order valence-electron chi connectivity index (χ1n) is 11.0. The lowest BCUT2D eigenvalue weighted by Gasteiger charge is -2.56. The van der Waals surface area contributed by atoms with Gasteiger partial charge in [-0.05, 0) is 62.4 Å². The Labute approximate surface area is 183 Å². The fraction of sp³-hybridized carbons (Fsp3) is 0.667. The molecule has 2 fully saturated rings. The molecule has 170 valence electrons. The van der Waals surface area contributed by atoms with Crippen LogP contribution in [0.25, 0.3) is 0 Å². The number of Topliss-reactive ketones (excluding diaryl/α,β-unsaturated/α-hetero) is 1. The van der Waals surface area contributed by atoms with Gasteiger partial charge >= 0.3 is 11.9 Å². The van der Waals surface area contributed by atoms with Crippen molar-refractivity contribution in [3.63, 3.8) is 0 Å². The van der Waals surface area contributed by atoms with E-state index in [9.17, 15) is 19.2 Å². The third-order valence-electron chi connectivity index (χ3n) is 7.89. The van der Waals surface area contributed by atoms with Crippen LogP contribution >= 0.6 is 0 Å². The van der Waals surface area contributed by atoms with Gasteiger partial charge in [0.1, 0.15) is 18.7 Å². The Morgan fingerprint density at radius 3 is 2.74 bits per heavy atom. The van der Waals surface area contributed by atoms with Gasteiger partial charge < -0.3 is 14.3 Å². The fourth-order valence-corrected chi connectivity index (χ4v) is 6.04. The van der Waals surface area contributed by atoms with Gasteiger partial charge in [-0.25, -0.2) is 4.79 Å². The highest BCUT2D eigenvalue weighted by molar-refractivity contribution is 5.99. The molecule has 31 heavy (non-hydrogen) atoms. The zero-order valence-corrected chi connectivity index (χ0v) is 18.7. The van der Waals surface area contributed by atoms with Crippen LogP contribution in [0.4, 0.5) is 0 Å². The molecule has 0 radical (unpaired) electrons. The molecular weight excluding hydrogens is 398 g/mol. The highest BCUT2D eigenvalue weighted by atomic mass is 16.5. The van der Waals surface area contributed by atoms with E-state index in [2.05, 4.69) is 18.8 Å². The zero-order valence-electron chi connectivity index (χ0n) is 18.7. The Hall–Kier alpha value is -2.28. The van der Waals surface area contributed by atoms with Gasteiger partial charge in [0.15, 0.2) is 0 Å². The molecule has 3 rings (SSSR count). The molecule has 2 unspecified atom stereocenters. The van der Waals surface area contributed by atoms with Crippen LogP contribution in [0.5, 0.6) is 0 Å². The molecule has 0 aromatic heterocycles. The van der Waals surface area contributed by atoms with E-state index in [-0.39, 0.29) is 48.2 Å². The lowest BCUT2D eigenvalue weighted by atomic mass is 9.46. The Bertz CT molecular complexity index is 817. The first-order valence-corrected chi connectivity index (χ1v) is 11.0. The van der Waals surface area contributed by atoms with Crippen molar-refractivity contribution in [1.29, 1.82) is 0 Å². The average Bonchev–Trinajstić information content (AvgIpc) is 3.18. The van der Waals surface area contributed by atoms with Crippen molar-refractivity contribution in [2.45, 2.75) is 58.4 Å². The number of carbonyl (C=O) groups excluding carboxylic acids is 4. The molecule has 0 aromatic carbocycles. The van der Waals surface area contributed by atoms with Crippen LogP contribution in [0, 0.1) is 22.7 Å². The van der Waals surface area contributed by atoms with E-state index in [1.165, 1.54) is 7.11 Å². The summed E-state index contributed by atoms with van der Waals surface area (Å²) in [6.07, 6.45) is 6.64. The number of fused-ring (bicyclic) bond motifs is 1. The molecule has 1 aliphatic heterocycles. The minimum Gasteiger partial charge on any atom is -0.468 e. The van der Waals surface area contributed by atoms with E-state index >= 15 is 0 Å². The molecule has 0 amide bonds. The van der Waals surface area contributed by atoms with E-state index < -0.39 is 11.4 Å². The molecule has 1 heterocycles. The molecule has 2 aliphatic carbocycles. The van der Waals surface area contributed by atoms with E-state index in [1.807, 2.05) is 0 Å². The molecule has 3 aliphatic rings. The van der Waals surface area contributed by atoms with Crippen LogP contribution in [0.2, 0.25) is 0 Å². The maximum absolute atomic E-state index is 12.6. The normalized spacial score (nSPS) is 33.9. The minimum atomic E-state index is -0.952. The molecule has 0 spiro atoms. The van der Waals surface area contributed by atoms with Gasteiger partial charge in [-0.1, -0.05) is 19.1 Å². The largest absolute Gasteiger partial charge is 0.468 e. The van der Waals surface area contributed by atoms with Crippen LogP contribution in [0.3, 0.4) is 0 Å². The van der Waals surface area contributed by atoms with E-state index in [0.717, 1.165) is 37.5 Å². The standard InChI is InChI=1S/C24H33NO6/c1-15-5-8-19-23(2,11-9-20(27)24(19,3)14-26)17(15)6-7-18(25-13-21(28)30-4)16-10-12-31-22(16)29/h10,14,17-19,25H,1,5-9,11-13H2,2-4H3/t17-,18?,19?,23+,24+/m1/s1. The third kappa shape index (κ3) is 4.25. The SMILES string of the molecule is C=C1CCC2[C@](C)(C=O)C(=O)CC[C@@]2(C)[C@@H]1CCC(NCC(=O)OC)C1=CCOC1=O. The van der Waals surface area contributed by atoms with Crippen LogP contribution in [-0.2, 0) is 28.7 Å². The van der Waals surface area contributed by atoms with Crippen LogP contribution in [0.1, 0.15) is 52.4 Å². The van der Waals surface area contributed by atoms with Gasteiger partial charge in [0.2, 0.25) is 0 Å². The van der Waals surface area contributed by atoms with Crippen molar-refractivity contribution in [2.24, 2.45) is 22.7 Å². The van der Waals surface area contributed by atoms with Crippen molar-refractivity contribution >= 4 is 24.0 Å². The van der Waals surface area contributed by atoms with Crippen LogP contribution in [0.15, 0.2) is 23.8 Å². The molecule has 0 saturated heterocycles. The summed E-state index contributed by atoms with van der Waals surface area (Å²) in [5, 5.41) is 3.13. The Balaban J connectivity index is 1.80. The quantitative estimate of drug-likeness (QED) is 0.273. The van der Waals surface area contributed by atoms with Crippen LogP contribution < -0.4 is 5.32 Å². The summed E-state index contributed by atoms with van der Waals surface area (Å²) < 4.78 is 9.79. The Morgan fingerprint density at radius 1 is 1.39 bits per heavy atom. The minimum absolute atomic E-state index is 0.00495. The molecule has 0 aromatic rings. The number of hydrogen-bond acceptors (Lipinski definition) is 7. The number of hydrogen-bond donors (Lipinski definition) is 1. The number of aldehydes is 1. The smallest absolute Gasteiger partial charge is 0.335 e. The molecular formula is C24H33NO6. The van der Waals surface area contributed by atoms with Crippen LogP contribution in [-0.4, -0.2) is 50.3 Å². The fourth-order valence-electron chi connectivity index (χ4n) is 6.04. The number of rotatable bonds is 8. The topological polar surface area (TPSA) is 98.8 Å². The van der Waals surface area contributed by atoms with Gasteiger partial charge in [-0.15, -0.1) is 0 Å². The monoisotopic (exact) mass is 431 g/mol. The highest BCUT2D eigenvalue weighted by Gasteiger charge is 2.58. The predicted octanol–water partition coefficient (Wildman–Crippen LogP) is 2.54. The van der Waals surface area contributed by atoms with Gasteiger partial charge in [0.25, 0.3) is 0 Å². The number of nitrogens with one attached hydrogen (secondary N) is 1. The van der Waals surface area contributed by atoms with Crippen molar-refractivity contribution in [3.05, 3.63) is 23.8 Å². The molecule has 2 saturated carbocycles. The van der Waals surface area contributed by atoms with E-state index in [0.29, 0.717) is 18.4 Å². The van der Waals surface area contributed by atoms with E-state index in [4.69, 9.17) is 9.47 Å². The predicted molar refractivity (Wildman–Crippen MR) is 114 cm³/mol.